The van der Waals surface area contributed by atoms with E-state index >= 15 is 0 Å². The van der Waals surface area contributed by atoms with Crippen LogP contribution in [0.3, 0.4) is 0 Å². The number of aliphatic hydroxyl groups is 1. The standard InChI is InChI=1S/C11H16N2O2/c1-13(8-9-14)7-5-11(15)10-4-2-3-6-12-10/h2-4,6,14H,5,7-9H2,1H3. The molecule has 1 aromatic heterocycles. The molecule has 0 bridgehead atoms. The van der Waals surface area contributed by atoms with Crippen LogP contribution in [0.1, 0.15) is 16.9 Å². The predicted octanol–water partition coefficient (Wildman–Crippen LogP) is 0.578. The Balaban J connectivity index is 2.37. The van der Waals surface area contributed by atoms with Crippen LogP contribution >= 0.6 is 0 Å². The molecule has 0 aromatic carbocycles. The number of ketones is 1. The van der Waals surface area contributed by atoms with E-state index in [1.54, 1.807) is 24.4 Å². The fourth-order valence-electron chi connectivity index (χ4n) is 1.23. The lowest BCUT2D eigenvalue weighted by atomic mass is 10.2. The molecule has 82 valence electrons. The van der Waals surface area contributed by atoms with Gasteiger partial charge < -0.3 is 10.0 Å². The van der Waals surface area contributed by atoms with Crippen molar-refractivity contribution in [1.29, 1.82) is 0 Å². The van der Waals surface area contributed by atoms with Crippen LogP contribution in [0.2, 0.25) is 0 Å². The normalized spacial score (nSPS) is 10.6. The molecule has 0 amide bonds. The maximum absolute atomic E-state index is 11.6. The third kappa shape index (κ3) is 4.18. The molecule has 0 aliphatic rings. The predicted molar refractivity (Wildman–Crippen MR) is 57.8 cm³/mol. The van der Waals surface area contributed by atoms with Crippen molar-refractivity contribution in [3.8, 4) is 0 Å². The Morgan fingerprint density at radius 3 is 2.87 bits per heavy atom. The lowest BCUT2D eigenvalue weighted by Gasteiger charge is -2.13. The van der Waals surface area contributed by atoms with E-state index < -0.39 is 0 Å². The molecule has 1 heterocycles. The molecule has 0 spiro atoms. The monoisotopic (exact) mass is 208 g/mol. The molecule has 0 unspecified atom stereocenters. The highest BCUT2D eigenvalue weighted by molar-refractivity contribution is 5.94. The van der Waals surface area contributed by atoms with Crippen LogP contribution in [0.5, 0.6) is 0 Å². The van der Waals surface area contributed by atoms with Gasteiger partial charge in [0.2, 0.25) is 0 Å². The second-order valence-corrected chi connectivity index (χ2v) is 3.42. The molecule has 4 heteroatoms. The number of hydrogen-bond donors (Lipinski definition) is 1. The molecule has 1 aromatic rings. The summed E-state index contributed by atoms with van der Waals surface area (Å²) >= 11 is 0. The zero-order valence-corrected chi connectivity index (χ0v) is 8.89. The number of carbonyl (C=O) groups excluding carboxylic acids is 1. The first kappa shape index (κ1) is 11.8. The summed E-state index contributed by atoms with van der Waals surface area (Å²) in [6, 6.07) is 5.31. The van der Waals surface area contributed by atoms with E-state index in [9.17, 15) is 4.79 Å². The Morgan fingerprint density at radius 1 is 1.47 bits per heavy atom. The zero-order chi connectivity index (χ0) is 11.1. The molecule has 0 aliphatic heterocycles. The lowest BCUT2D eigenvalue weighted by molar-refractivity contribution is 0.0960. The molecule has 4 nitrogen and oxygen atoms in total. The molecular formula is C11H16N2O2. The van der Waals surface area contributed by atoms with Gasteiger partial charge in [-0.2, -0.15) is 0 Å². The first-order chi connectivity index (χ1) is 7.24. The molecule has 0 aliphatic carbocycles. The summed E-state index contributed by atoms with van der Waals surface area (Å²) < 4.78 is 0. The van der Waals surface area contributed by atoms with Gasteiger partial charge in [0.05, 0.1) is 6.61 Å². The highest BCUT2D eigenvalue weighted by atomic mass is 16.3. The van der Waals surface area contributed by atoms with Crippen LogP contribution in [0.4, 0.5) is 0 Å². The minimum absolute atomic E-state index is 0.0420. The van der Waals surface area contributed by atoms with E-state index in [4.69, 9.17) is 5.11 Å². The van der Waals surface area contributed by atoms with E-state index in [1.165, 1.54) is 0 Å². The highest BCUT2D eigenvalue weighted by Gasteiger charge is 2.07. The quantitative estimate of drug-likeness (QED) is 0.695. The van der Waals surface area contributed by atoms with E-state index in [1.807, 2.05) is 11.9 Å². The van der Waals surface area contributed by atoms with Gasteiger partial charge in [0, 0.05) is 25.7 Å². The number of pyridine rings is 1. The summed E-state index contributed by atoms with van der Waals surface area (Å²) in [5, 5.41) is 8.68. The lowest BCUT2D eigenvalue weighted by Crippen LogP contribution is -2.25. The fourth-order valence-corrected chi connectivity index (χ4v) is 1.23. The maximum atomic E-state index is 11.6. The Bertz CT molecular complexity index is 301. The van der Waals surface area contributed by atoms with Crippen molar-refractivity contribution in [3.05, 3.63) is 30.1 Å². The number of carbonyl (C=O) groups is 1. The average molecular weight is 208 g/mol. The average Bonchev–Trinajstić information content (AvgIpc) is 2.27. The summed E-state index contributed by atoms with van der Waals surface area (Å²) in [6.45, 7) is 1.36. The summed E-state index contributed by atoms with van der Waals surface area (Å²) in [6.07, 6.45) is 2.05. The SMILES string of the molecule is CN(CCO)CCC(=O)c1ccccn1. The first-order valence-corrected chi connectivity index (χ1v) is 4.97. The minimum atomic E-state index is 0.0420. The van der Waals surface area contributed by atoms with Crippen molar-refractivity contribution in [1.82, 2.24) is 9.88 Å². The number of aromatic nitrogens is 1. The van der Waals surface area contributed by atoms with Crippen molar-refractivity contribution in [3.63, 3.8) is 0 Å². The van der Waals surface area contributed by atoms with Crippen LogP contribution < -0.4 is 0 Å². The molecule has 0 atom stereocenters. The Labute approximate surface area is 89.6 Å². The van der Waals surface area contributed by atoms with E-state index in [-0.39, 0.29) is 12.4 Å². The van der Waals surface area contributed by atoms with Gasteiger partial charge in [-0.1, -0.05) is 6.07 Å². The second kappa shape index (κ2) is 6.27. The van der Waals surface area contributed by atoms with Crippen LogP contribution in [0.15, 0.2) is 24.4 Å². The highest BCUT2D eigenvalue weighted by Crippen LogP contribution is 1.99. The minimum Gasteiger partial charge on any atom is -0.395 e. The number of rotatable bonds is 6. The van der Waals surface area contributed by atoms with E-state index in [0.29, 0.717) is 25.2 Å². The molecule has 1 N–H and O–H groups in total. The first-order valence-electron chi connectivity index (χ1n) is 4.97. The van der Waals surface area contributed by atoms with E-state index in [0.717, 1.165) is 0 Å². The number of hydrogen-bond acceptors (Lipinski definition) is 4. The van der Waals surface area contributed by atoms with Crippen LogP contribution in [-0.4, -0.2) is 47.5 Å². The van der Waals surface area contributed by atoms with Gasteiger partial charge in [0.1, 0.15) is 5.69 Å². The molecule has 0 saturated heterocycles. The molecule has 1 rings (SSSR count). The van der Waals surface area contributed by atoms with Crippen LogP contribution in [0.25, 0.3) is 0 Å². The summed E-state index contributed by atoms with van der Waals surface area (Å²) in [5.41, 5.74) is 0.509. The smallest absolute Gasteiger partial charge is 0.182 e. The molecule has 0 radical (unpaired) electrons. The number of likely N-dealkylation sites (N-methyl/N-ethyl adjacent to an activating group) is 1. The number of aliphatic hydroxyl groups excluding tert-OH is 1. The van der Waals surface area contributed by atoms with Gasteiger partial charge in [-0.15, -0.1) is 0 Å². The van der Waals surface area contributed by atoms with Gasteiger partial charge in [-0.25, -0.2) is 0 Å². The Morgan fingerprint density at radius 2 is 2.27 bits per heavy atom. The van der Waals surface area contributed by atoms with Gasteiger partial charge in [-0.05, 0) is 19.2 Å². The molecular weight excluding hydrogens is 192 g/mol. The third-order valence-electron chi connectivity index (χ3n) is 2.15. The van der Waals surface area contributed by atoms with Crippen LogP contribution in [0, 0.1) is 0 Å². The summed E-state index contributed by atoms with van der Waals surface area (Å²) in [7, 11) is 1.88. The molecule has 0 saturated carbocycles. The van der Waals surface area contributed by atoms with Crippen molar-refractivity contribution in [2.75, 3.05) is 26.7 Å². The van der Waals surface area contributed by atoms with Crippen molar-refractivity contribution >= 4 is 5.78 Å². The topological polar surface area (TPSA) is 53.4 Å². The Kier molecular flexibility index (Phi) is 4.93. The van der Waals surface area contributed by atoms with Crippen molar-refractivity contribution in [2.45, 2.75) is 6.42 Å². The second-order valence-electron chi connectivity index (χ2n) is 3.42. The summed E-state index contributed by atoms with van der Waals surface area (Å²) in [5.74, 6) is 0.0420. The largest absolute Gasteiger partial charge is 0.395 e. The maximum Gasteiger partial charge on any atom is 0.182 e. The zero-order valence-electron chi connectivity index (χ0n) is 8.89. The Hall–Kier alpha value is -1.26. The fraction of sp³-hybridized carbons (Fsp3) is 0.455. The van der Waals surface area contributed by atoms with Crippen molar-refractivity contribution < 1.29 is 9.90 Å². The van der Waals surface area contributed by atoms with E-state index in [2.05, 4.69) is 4.98 Å². The molecule has 0 fully saturated rings. The number of Topliss-reactive ketones (excluding diaryl/α,β-unsaturated/α-hetero) is 1. The molecule has 15 heavy (non-hydrogen) atoms. The third-order valence-corrected chi connectivity index (χ3v) is 2.15. The van der Waals surface area contributed by atoms with Crippen molar-refractivity contribution in [2.24, 2.45) is 0 Å². The van der Waals surface area contributed by atoms with Crippen LogP contribution in [-0.2, 0) is 0 Å². The van der Waals surface area contributed by atoms with Gasteiger partial charge in [0.25, 0.3) is 0 Å². The van der Waals surface area contributed by atoms with Gasteiger partial charge >= 0.3 is 0 Å². The van der Waals surface area contributed by atoms with Gasteiger partial charge in [0.15, 0.2) is 5.78 Å². The summed E-state index contributed by atoms with van der Waals surface area (Å²) in [4.78, 5) is 17.5. The van der Waals surface area contributed by atoms with Gasteiger partial charge in [-0.3, -0.25) is 9.78 Å². The number of nitrogens with zero attached hydrogens (tertiary/aromatic N) is 2.